The lowest BCUT2D eigenvalue weighted by molar-refractivity contribution is 0.0698. The fourth-order valence-electron chi connectivity index (χ4n) is 1.62. The van der Waals surface area contributed by atoms with Gasteiger partial charge < -0.3 is 10.4 Å². The number of aromatic carboxylic acids is 1. The van der Waals surface area contributed by atoms with Crippen molar-refractivity contribution in [2.75, 3.05) is 5.32 Å². The summed E-state index contributed by atoms with van der Waals surface area (Å²) >= 11 is 12.7. The van der Waals surface area contributed by atoms with Gasteiger partial charge in [0.25, 0.3) is 5.91 Å². The molecule has 2 rings (SSSR count). The van der Waals surface area contributed by atoms with Crippen molar-refractivity contribution >= 4 is 51.4 Å². The largest absolute Gasteiger partial charge is 0.478 e. The van der Waals surface area contributed by atoms with Crippen LogP contribution in [-0.2, 0) is 6.42 Å². The summed E-state index contributed by atoms with van der Waals surface area (Å²) in [7, 11) is 0. The topological polar surface area (TPSA) is 79.3 Å². The number of carboxylic acid groups (broad SMARTS) is 1. The van der Waals surface area contributed by atoms with E-state index in [2.05, 4.69) is 10.3 Å². The first-order chi connectivity index (χ1) is 9.92. The Labute approximate surface area is 134 Å². The number of carbonyl (C=O) groups excluding carboxylic acids is 1. The number of hydrogen-bond donors (Lipinski definition) is 2. The summed E-state index contributed by atoms with van der Waals surface area (Å²) in [6, 6.07) is 4.42. The highest BCUT2D eigenvalue weighted by Crippen LogP contribution is 2.29. The van der Waals surface area contributed by atoms with Crippen molar-refractivity contribution in [1.82, 2.24) is 4.98 Å². The maximum Gasteiger partial charge on any atom is 0.338 e. The smallest absolute Gasteiger partial charge is 0.338 e. The number of nitrogens with one attached hydrogen (secondary N) is 1. The molecule has 0 atom stereocenters. The minimum absolute atomic E-state index is 0.0378. The lowest BCUT2D eigenvalue weighted by Crippen LogP contribution is -2.14. The van der Waals surface area contributed by atoms with Crippen LogP contribution in [0.3, 0.4) is 0 Å². The van der Waals surface area contributed by atoms with E-state index in [1.54, 1.807) is 6.07 Å². The van der Waals surface area contributed by atoms with Gasteiger partial charge in [0.1, 0.15) is 15.3 Å². The number of anilines is 1. The van der Waals surface area contributed by atoms with Gasteiger partial charge in [-0.15, -0.1) is 11.3 Å². The third-order valence-corrected chi connectivity index (χ3v) is 4.34. The molecule has 2 aromatic rings. The van der Waals surface area contributed by atoms with E-state index in [1.807, 2.05) is 6.92 Å². The van der Waals surface area contributed by atoms with E-state index in [4.69, 9.17) is 28.3 Å². The van der Waals surface area contributed by atoms with Crippen molar-refractivity contribution < 1.29 is 14.7 Å². The maximum absolute atomic E-state index is 12.2. The summed E-state index contributed by atoms with van der Waals surface area (Å²) in [6.45, 7) is 1.91. The second-order valence-corrected chi connectivity index (χ2v) is 5.92. The molecule has 8 heteroatoms. The number of nitrogens with zero attached hydrogens (tertiary/aromatic N) is 1. The Morgan fingerprint density at radius 3 is 2.62 bits per heavy atom. The molecule has 0 bridgehead atoms. The molecule has 0 fully saturated rings. The average molecular weight is 345 g/mol. The van der Waals surface area contributed by atoms with Gasteiger partial charge in [0, 0.05) is 4.88 Å². The molecule has 0 spiro atoms. The molecule has 0 aliphatic rings. The van der Waals surface area contributed by atoms with Crippen LogP contribution in [0.25, 0.3) is 0 Å². The third-order valence-electron chi connectivity index (χ3n) is 2.65. The number of aryl methyl sites for hydroxylation is 1. The molecule has 0 aromatic carbocycles. The monoisotopic (exact) mass is 344 g/mol. The summed E-state index contributed by atoms with van der Waals surface area (Å²) in [4.78, 5) is 28.0. The molecule has 0 aliphatic carbocycles. The molecule has 2 N–H and O–H groups in total. The average Bonchev–Trinajstić information content (AvgIpc) is 2.81. The van der Waals surface area contributed by atoms with Crippen molar-refractivity contribution in [2.24, 2.45) is 0 Å². The lowest BCUT2D eigenvalue weighted by Gasteiger charge is -2.05. The third kappa shape index (κ3) is 3.53. The van der Waals surface area contributed by atoms with Gasteiger partial charge in [-0.1, -0.05) is 30.1 Å². The number of amides is 1. The molecular formula is C13H10Cl2N2O3S. The van der Waals surface area contributed by atoms with E-state index in [0.717, 1.165) is 4.88 Å². The Kier molecular flexibility index (Phi) is 4.82. The molecule has 2 aromatic heterocycles. The fraction of sp³-hybridized carbons (Fsp3) is 0.154. The zero-order chi connectivity index (χ0) is 15.6. The van der Waals surface area contributed by atoms with Crippen molar-refractivity contribution in [3.05, 3.63) is 44.5 Å². The minimum Gasteiger partial charge on any atom is -0.478 e. The molecule has 0 saturated carbocycles. The summed E-state index contributed by atoms with van der Waals surface area (Å²) in [5.41, 5.74) is 0.187. The number of aromatic nitrogens is 1. The predicted octanol–water partition coefficient (Wildman–Crippen LogP) is 3.96. The first-order valence-electron chi connectivity index (χ1n) is 5.91. The van der Waals surface area contributed by atoms with E-state index >= 15 is 0 Å². The molecule has 110 valence electrons. The van der Waals surface area contributed by atoms with Gasteiger partial charge in [0.2, 0.25) is 0 Å². The van der Waals surface area contributed by atoms with Crippen molar-refractivity contribution in [3.63, 3.8) is 0 Å². The van der Waals surface area contributed by atoms with Crippen LogP contribution in [0.4, 0.5) is 5.00 Å². The normalized spacial score (nSPS) is 10.4. The van der Waals surface area contributed by atoms with Crippen molar-refractivity contribution in [3.8, 4) is 0 Å². The van der Waals surface area contributed by atoms with E-state index in [9.17, 15) is 9.59 Å². The molecule has 0 saturated heterocycles. The first kappa shape index (κ1) is 15.8. The highest BCUT2D eigenvalue weighted by molar-refractivity contribution is 7.16. The van der Waals surface area contributed by atoms with Gasteiger partial charge in [-0.3, -0.25) is 4.79 Å². The molecular weight excluding hydrogens is 335 g/mol. The molecule has 0 aliphatic heterocycles. The highest BCUT2D eigenvalue weighted by atomic mass is 35.5. The second-order valence-electron chi connectivity index (χ2n) is 4.04. The zero-order valence-corrected chi connectivity index (χ0v) is 13.1. The maximum atomic E-state index is 12.2. The number of carbonyl (C=O) groups is 2. The number of halogens is 2. The lowest BCUT2D eigenvalue weighted by atomic mass is 10.2. The number of rotatable bonds is 4. The van der Waals surface area contributed by atoms with Gasteiger partial charge in [-0.25, -0.2) is 9.78 Å². The van der Waals surface area contributed by atoms with Gasteiger partial charge in [0.15, 0.2) is 0 Å². The summed E-state index contributed by atoms with van der Waals surface area (Å²) in [6.07, 6.45) is 0.685. The Balaban J connectivity index is 2.31. The van der Waals surface area contributed by atoms with Crippen LogP contribution in [0, 0.1) is 0 Å². The molecule has 21 heavy (non-hydrogen) atoms. The standard InChI is InChI=1S/C13H10Cl2N2O3S/c1-2-6-5-8(13(19)20)12(21-6)17-11(18)7-3-4-9(14)16-10(7)15/h3-5H,2H2,1H3,(H,17,18)(H,19,20). The molecule has 2 heterocycles. The first-order valence-corrected chi connectivity index (χ1v) is 7.49. The van der Waals surface area contributed by atoms with Crippen molar-refractivity contribution in [1.29, 1.82) is 0 Å². The Bertz CT molecular complexity index is 715. The van der Waals surface area contributed by atoms with Gasteiger partial charge in [0.05, 0.1) is 11.1 Å². The number of pyridine rings is 1. The summed E-state index contributed by atoms with van der Waals surface area (Å²) in [5.74, 6) is -1.63. The van der Waals surface area contributed by atoms with E-state index < -0.39 is 11.9 Å². The van der Waals surface area contributed by atoms with Crippen LogP contribution in [-0.4, -0.2) is 22.0 Å². The highest BCUT2D eigenvalue weighted by Gasteiger charge is 2.19. The van der Waals surface area contributed by atoms with Crippen LogP contribution in [0.15, 0.2) is 18.2 Å². The number of thiophene rings is 1. The van der Waals surface area contributed by atoms with Gasteiger partial charge in [-0.2, -0.15) is 0 Å². The summed E-state index contributed by atoms with van der Waals surface area (Å²) < 4.78 is 0. The van der Waals surface area contributed by atoms with Gasteiger partial charge >= 0.3 is 5.97 Å². The Morgan fingerprint density at radius 1 is 1.33 bits per heavy atom. The van der Waals surface area contributed by atoms with Crippen LogP contribution >= 0.6 is 34.5 Å². The van der Waals surface area contributed by atoms with Crippen LogP contribution in [0.2, 0.25) is 10.3 Å². The van der Waals surface area contributed by atoms with E-state index in [1.165, 1.54) is 23.5 Å². The van der Waals surface area contributed by atoms with E-state index in [0.29, 0.717) is 6.42 Å². The van der Waals surface area contributed by atoms with Crippen LogP contribution < -0.4 is 5.32 Å². The number of hydrogen-bond acceptors (Lipinski definition) is 4. The van der Waals surface area contributed by atoms with Crippen LogP contribution in [0.5, 0.6) is 0 Å². The van der Waals surface area contributed by atoms with Crippen molar-refractivity contribution in [2.45, 2.75) is 13.3 Å². The molecule has 0 unspecified atom stereocenters. The number of carboxylic acids is 1. The second kappa shape index (κ2) is 6.43. The Hall–Kier alpha value is -1.63. The predicted molar refractivity (Wildman–Crippen MR) is 82.9 cm³/mol. The van der Waals surface area contributed by atoms with Gasteiger partial charge in [-0.05, 0) is 24.6 Å². The minimum atomic E-state index is -1.10. The quantitative estimate of drug-likeness (QED) is 0.822. The summed E-state index contributed by atoms with van der Waals surface area (Å²) in [5, 5.41) is 12.1. The molecule has 0 radical (unpaired) electrons. The Morgan fingerprint density at radius 2 is 2.05 bits per heavy atom. The molecule has 1 amide bonds. The molecule has 5 nitrogen and oxygen atoms in total. The zero-order valence-electron chi connectivity index (χ0n) is 10.8. The van der Waals surface area contributed by atoms with Crippen LogP contribution in [0.1, 0.15) is 32.5 Å². The SMILES string of the molecule is CCc1cc(C(=O)O)c(NC(=O)c2ccc(Cl)nc2Cl)s1. The van der Waals surface area contributed by atoms with E-state index in [-0.39, 0.29) is 26.4 Å². The fourth-order valence-corrected chi connectivity index (χ4v) is 3.03.